The fourth-order valence-corrected chi connectivity index (χ4v) is 2.10. The van der Waals surface area contributed by atoms with E-state index in [0.29, 0.717) is 17.8 Å². The highest BCUT2D eigenvalue weighted by Gasteiger charge is 2.11. The molecule has 3 N–H and O–H groups in total. The van der Waals surface area contributed by atoms with Gasteiger partial charge in [-0.3, -0.25) is 9.69 Å². The number of benzene rings is 1. The van der Waals surface area contributed by atoms with E-state index in [9.17, 15) is 4.79 Å². The summed E-state index contributed by atoms with van der Waals surface area (Å²) in [6.45, 7) is 4.94. The van der Waals surface area contributed by atoms with E-state index < -0.39 is 0 Å². The van der Waals surface area contributed by atoms with Crippen LogP contribution < -0.4 is 11.1 Å². The fourth-order valence-electron chi connectivity index (χ4n) is 2.10. The first-order valence-corrected chi connectivity index (χ1v) is 6.67. The molecule has 4 heteroatoms. The molecule has 0 aromatic heterocycles. The quantitative estimate of drug-likeness (QED) is 0.644. The zero-order valence-electron chi connectivity index (χ0n) is 11.4. The van der Waals surface area contributed by atoms with Gasteiger partial charge in [-0.1, -0.05) is 23.8 Å². The van der Waals surface area contributed by atoms with E-state index in [0.717, 1.165) is 26.1 Å². The van der Waals surface area contributed by atoms with Crippen LogP contribution in [0.3, 0.4) is 0 Å². The van der Waals surface area contributed by atoms with Gasteiger partial charge in [0.2, 0.25) is 5.91 Å². The Hall–Kier alpha value is -1.81. The van der Waals surface area contributed by atoms with Crippen LogP contribution in [-0.4, -0.2) is 30.4 Å². The third-order valence-corrected chi connectivity index (χ3v) is 3.41. The average molecular weight is 259 g/mol. The van der Waals surface area contributed by atoms with Crippen LogP contribution >= 0.6 is 0 Å². The Bertz CT molecular complexity index is 482. The Morgan fingerprint density at radius 3 is 2.89 bits per heavy atom. The number of nitrogen functional groups attached to an aromatic ring is 1. The monoisotopic (exact) mass is 259 g/mol. The van der Waals surface area contributed by atoms with Crippen molar-refractivity contribution in [1.82, 2.24) is 4.90 Å². The molecule has 0 spiro atoms. The maximum atomic E-state index is 11.9. The summed E-state index contributed by atoms with van der Waals surface area (Å²) in [7, 11) is 0. The van der Waals surface area contributed by atoms with Crippen molar-refractivity contribution in [2.75, 3.05) is 30.7 Å². The number of hydrogen-bond acceptors (Lipinski definition) is 3. The van der Waals surface area contributed by atoms with Crippen LogP contribution in [0.5, 0.6) is 0 Å². The van der Waals surface area contributed by atoms with Gasteiger partial charge in [-0.05, 0) is 25.5 Å². The first-order chi connectivity index (χ1) is 9.15. The highest BCUT2D eigenvalue weighted by Crippen LogP contribution is 2.17. The predicted octanol–water partition coefficient (Wildman–Crippen LogP) is 2.25. The maximum absolute atomic E-state index is 11.9. The van der Waals surface area contributed by atoms with Gasteiger partial charge < -0.3 is 11.1 Å². The molecule has 0 bridgehead atoms. The molecule has 0 aliphatic carbocycles. The number of carbonyl (C=O) groups is 1. The molecule has 0 saturated carbocycles. The van der Waals surface area contributed by atoms with Crippen LogP contribution in [0.1, 0.15) is 19.8 Å². The van der Waals surface area contributed by atoms with E-state index in [1.807, 2.05) is 18.2 Å². The first kappa shape index (κ1) is 13.6. The van der Waals surface area contributed by atoms with Crippen LogP contribution in [0.4, 0.5) is 11.4 Å². The molecule has 0 atom stereocenters. The molecule has 0 fully saturated rings. The van der Waals surface area contributed by atoms with Crippen LogP contribution in [0.2, 0.25) is 0 Å². The van der Waals surface area contributed by atoms with E-state index in [-0.39, 0.29) is 5.91 Å². The fraction of sp³-hybridized carbons (Fsp3) is 0.400. The third-order valence-electron chi connectivity index (χ3n) is 3.41. The summed E-state index contributed by atoms with van der Waals surface area (Å²) in [5.74, 6) is 0.0178. The molecular formula is C15H21N3O. The van der Waals surface area contributed by atoms with Crippen molar-refractivity contribution in [2.45, 2.75) is 19.8 Å². The Morgan fingerprint density at radius 1 is 1.42 bits per heavy atom. The van der Waals surface area contributed by atoms with Gasteiger partial charge in [0.1, 0.15) is 0 Å². The van der Waals surface area contributed by atoms with E-state index in [4.69, 9.17) is 5.73 Å². The van der Waals surface area contributed by atoms with Crippen LogP contribution in [-0.2, 0) is 4.79 Å². The zero-order valence-corrected chi connectivity index (χ0v) is 11.4. The molecule has 1 aliphatic heterocycles. The predicted molar refractivity (Wildman–Crippen MR) is 78.9 cm³/mol. The van der Waals surface area contributed by atoms with Crippen LogP contribution in [0, 0.1) is 0 Å². The largest absolute Gasteiger partial charge is 0.397 e. The molecule has 1 heterocycles. The molecule has 1 aromatic carbocycles. The second-order valence-electron chi connectivity index (χ2n) is 4.99. The van der Waals surface area contributed by atoms with Gasteiger partial charge in [-0.2, -0.15) is 0 Å². The second kappa shape index (κ2) is 6.38. The first-order valence-electron chi connectivity index (χ1n) is 6.67. The normalized spacial score (nSPS) is 15.9. The zero-order chi connectivity index (χ0) is 13.7. The highest BCUT2D eigenvalue weighted by molar-refractivity contribution is 5.93. The maximum Gasteiger partial charge on any atom is 0.225 e. The lowest BCUT2D eigenvalue weighted by Gasteiger charge is -2.24. The summed E-state index contributed by atoms with van der Waals surface area (Å²) in [6, 6.07) is 7.33. The molecule has 0 unspecified atom stereocenters. The molecule has 0 saturated heterocycles. The van der Waals surface area contributed by atoms with Crippen molar-refractivity contribution in [3.63, 3.8) is 0 Å². The second-order valence-corrected chi connectivity index (χ2v) is 4.99. The lowest BCUT2D eigenvalue weighted by Crippen LogP contribution is -2.31. The Morgan fingerprint density at radius 2 is 2.21 bits per heavy atom. The lowest BCUT2D eigenvalue weighted by molar-refractivity contribution is -0.116. The molecule has 4 nitrogen and oxygen atoms in total. The average Bonchev–Trinajstić information content (AvgIpc) is 2.41. The van der Waals surface area contributed by atoms with E-state index in [2.05, 4.69) is 23.2 Å². The summed E-state index contributed by atoms with van der Waals surface area (Å²) in [5, 5.41) is 2.85. The van der Waals surface area contributed by atoms with E-state index in [1.165, 1.54) is 5.57 Å². The number of anilines is 2. The number of nitrogens with zero attached hydrogens (tertiary/aromatic N) is 1. The number of rotatable bonds is 4. The summed E-state index contributed by atoms with van der Waals surface area (Å²) >= 11 is 0. The number of amides is 1. The number of hydrogen-bond donors (Lipinski definition) is 2. The van der Waals surface area contributed by atoms with Gasteiger partial charge in [-0.25, -0.2) is 0 Å². The van der Waals surface area contributed by atoms with Gasteiger partial charge in [0, 0.05) is 26.1 Å². The smallest absolute Gasteiger partial charge is 0.225 e. The van der Waals surface area contributed by atoms with Crippen molar-refractivity contribution >= 4 is 17.3 Å². The molecule has 19 heavy (non-hydrogen) atoms. The van der Waals surface area contributed by atoms with Crippen LogP contribution in [0.25, 0.3) is 0 Å². The summed E-state index contributed by atoms with van der Waals surface area (Å²) < 4.78 is 0. The van der Waals surface area contributed by atoms with E-state index >= 15 is 0 Å². The van der Waals surface area contributed by atoms with E-state index in [1.54, 1.807) is 6.07 Å². The standard InChI is InChI=1S/C15H21N3O/c1-12-6-9-18(10-7-12)11-8-15(19)17-14-5-3-2-4-13(14)16/h2-6H,7-11,16H2,1H3,(H,17,19). The Kier molecular flexibility index (Phi) is 4.58. The minimum atomic E-state index is 0.0178. The highest BCUT2D eigenvalue weighted by atomic mass is 16.1. The van der Waals surface area contributed by atoms with Gasteiger partial charge >= 0.3 is 0 Å². The third kappa shape index (κ3) is 4.10. The van der Waals surface area contributed by atoms with Crippen LogP contribution in [0.15, 0.2) is 35.9 Å². The minimum Gasteiger partial charge on any atom is -0.397 e. The number of nitrogens with two attached hydrogens (primary N) is 1. The topological polar surface area (TPSA) is 58.4 Å². The van der Waals surface area contributed by atoms with Gasteiger partial charge in [0.05, 0.1) is 11.4 Å². The lowest BCUT2D eigenvalue weighted by atomic mass is 10.1. The summed E-state index contributed by atoms with van der Waals surface area (Å²) in [4.78, 5) is 14.2. The molecule has 2 rings (SSSR count). The molecule has 1 amide bonds. The van der Waals surface area contributed by atoms with Gasteiger partial charge in [-0.15, -0.1) is 0 Å². The molecule has 102 valence electrons. The summed E-state index contributed by atoms with van der Waals surface area (Å²) in [6.07, 6.45) is 3.84. The number of nitrogens with one attached hydrogen (secondary N) is 1. The van der Waals surface area contributed by atoms with Crippen molar-refractivity contribution in [3.8, 4) is 0 Å². The molecule has 1 aromatic rings. The van der Waals surface area contributed by atoms with Crippen molar-refractivity contribution < 1.29 is 4.79 Å². The minimum absolute atomic E-state index is 0.0178. The Balaban J connectivity index is 1.78. The Labute approximate surface area is 114 Å². The summed E-state index contributed by atoms with van der Waals surface area (Å²) in [5.41, 5.74) is 8.53. The number of para-hydroxylation sites is 2. The van der Waals surface area contributed by atoms with Crippen molar-refractivity contribution in [3.05, 3.63) is 35.9 Å². The number of carbonyl (C=O) groups excluding carboxylic acids is 1. The molecule has 0 radical (unpaired) electrons. The van der Waals surface area contributed by atoms with Crippen molar-refractivity contribution in [2.24, 2.45) is 0 Å². The molecular weight excluding hydrogens is 238 g/mol. The van der Waals surface area contributed by atoms with Crippen molar-refractivity contribution in [1.29, 1.82) is 0 Å². The van der Waals surface area contributed by atoms with Gasteiger partial charge in [0.15, 0.2) is 0 Å². The molecule has 1 aliphatic rings. The van der Waals surface area contributed by atoms with Gasteiger partial charge in [0.25, 0.3) is 0 Å². The SMILES string of the molecule is CC1=CCN(CCC(=O)Nc2ccccc2N)CC1.